The topological polar surface area (TPSA) is 127 Å². The van der Waals surface area contributed by atoms with E-state index in [2.05, 4.69) is 39.9 Å². The second-order valence-corrected chi connectivity index (χ2v) is 8.34. The number of benzene rings is 2. The number of hydrogen-bond acceptors (Lipinski definition) is 6. The van der Waals surface area contributed by atoms with Gasteiger partial charge in [0.2, 0.25) is 0 Å². The Balaban J connectivity index is 1.23. The van der Waals surface area contributed by atoms with Crippen LogP contribution in [0.3, 0.4) is 0 Å². The van der Waals surface area contributed by atoms with Crippen LogP contribution in [0.15, 0.2) is 54.7 Å². The molecule has 1 aliphatic carbocycles. The van der Waals surface area contributed by atoms with Gasteiger partial charge in [0.05, 0.1) is 12.7 Å². The Morgan fingerprint density at radius 2 is 1.74 bits per heavy atom. The Labute approximate surface area is 202 Å². The molecular formula is C25H27N5O5. The molecule has 0 fully saturated rings. The standard InChI is InChI=1S/C25H27N5O5/c1-29(13-6-11-23(31)32)24(33)22-15-30(28-27-22)14-12-26-25(34)35-16-21-19-9-4-2-7-17(19)18-8-3-5-10-20(18)21/h2-5,7-10,15,21H,6,11-14,16H2,1H3,(H,26,34)(H,31,32). The zero-order valence-electron chi connectivity index (χ0n) is 19.4. The lowest BCUT2D eigenvalue weighted by molar-refractivity contribution is -0.137. The number of carboxylic acid groups (broad SMARTS) is 1. The zero-order chi connectivity index (χ0) is 24.8. The van der Waals surface area contributed by atoms with Crippen LogP contribution in [0.4, 0.5) is 4.79 Å². The molecule has 2 N–H and O–H groups in total. The highest BCUT2D eigenvalue weighted by Crippen LogP contribution is 2.44. The third-order valence-corrected chi connectivity index (χ3v) is 5.94. The number of fused-ring (bicyclic) bond motifs is 3. The van der Waals surface area contributed by atoms with Gasteiger partial charge in [-0.15, -0.1) is 5.10 Å². The molecule has 0 atom stereocenters. The van der Waals surface area contributed by atoms with E-state index >= 15 is 0 Å². The number of amides is 2. The molecule has 0 radical (unpaired) electrons. The maximum absolute atomic E-state index is 12.4. The number of rotatable bonds is 10. The molecular weight excluding hydrogens is 450 g/mol. The van der Waals surface area contributed by atoms with Crippen molar-refractivity contribution in [2.24, 2.45) is 0 Å². The minimum absolute atomic E-state index is 0.00809. The van der Waals surface area contributed by atoms with Crippen LogP contribution < -0.4 is 5.32 Å². The average molecular weight is 478 g/mol. The van der Waals surface area contributed by atoms with Crippen LogP contribution in [0.25, 0.3) is 11.1 Å². The monoisotopic (exact) mass is 477 g/mol. The van der Waals surface area contributed by atoms with Crippen molar-refractivity contribution >= 4 is 18.0 Å². The molecule has 0 saturated heterocycles. The van der Waals surface area contributed by atoms with E-state index in [1.54, 1.807) is 7.05 Å². The van der Waals surface area contributed by atoms with E-state index in [1.165, 1.54) is 26.9 Å². The summed E-state index contributed by atoms with van der Waals surface area (Å²) in [6.45, 7) is 1.10. The maximum atomic E-state index is 12.4. The number of carboxylic acids is 1. The maximum Gasteiger partial charge on any atom is 0.407 e. The van der Waals surface area contributed by atoms with Crippen molar-refractivity contribution in [3.63, 3.8) is 0 Å². The van der Waals surface area contributed by atoms with Gasteiger partial charge in [0.1, 0.15) is 6.61 Å². The number of carbonyl (C=O) groups excluding carboxylic acids is 2. The van der Waals surface area contributed by atoms with Gasteiger partial charge in [-0.2, -0.15) is 0 Å². The molecule has 0 spiro atoms. The largest absolute Gasteiger partial charge is 0.481 e. The van der Waals surface area contributed by atoms with E-state index in [0.29, 0.717) is 19.5 Å². The average Bonchev–Trinajstić information content (AvgIpc) is 3.45. The number of aromatic nitrogens is 3. The van der Waals surface area contributed by atoms with Crippen molar-refractivity contribution in [2.45, 2.75) is 25.3 Å². The number of ether oxygens (including phenoxy) is 1. The smallest absolute Gasteiger partial charge is 0.407 e. The molecule has 3 aromatic rings. The van der Waals surface area contributed by atoms with Gasteiger partial charge in [-0.05, 0) is 28.7 Å². The normalized spacial score (nSPS) is 12.0. The Hall–Kier alpha value is -4.21. The summed E-state index contributed by atoms with van der Waals surface area (Å²) in [6, 6.07) is 16.3. The molecule has 182 valence electrons. The van der Waals surface area contributed by atoms with Crippen molar-refractivity contribution in [3.05, 3.63) is 71.5 Å². The van der Waals surface area contributed by atoms with Gasteiger partial charge in [-0.3, -0.25) is 9.59 Å². The van der Waals surface area contributed by atoms with Crippen LogP contribution in [0.5, 0.6) is 0 Å². The third-order valence-electron chi connectivity index (χ3n) is 5.94. The van der Waals surface area contributed by atoms with Crippen molar-refractivity contribution in [1.29, 1.82) is 0 Å². The highest BCUT2D eigenvalue weighted by Gasteiger charge is 2.29. The summed E-state index contributed by atoms with van der Waals surface area (Å²) in [5.41, 5.74) is 4.79. The fourth-order valence-corrected chi connectivity index (χ4v) is 4.19. The van der Waals surface area contributed by atoms with E-state index in [4.69, 9.17) is 9.84 Å². The quantitative estimate of drug-likeness (QED) is 0.460. The Bertz CT molecular complexity index is 1180. The molecule has 35 heavy (non-hydrogen) atoms. The molecule has 1 aliphatic rings. The van der Waals surface area contributed by atoms with E-state index in [0.717, 1.165) is 11.1 Å². The fourth-order valence-electron chi connectivity index (χ4n) is 4.19. The van der Waals surface area contributed by atoms with Gasteiger partial charge in [-0.25, -0.2) is 9.48 Å². The summed E-state index contributed by atoms with van der Waals surface area (Å²) in [5.74, 6) is -1.25. The highest BCUT2D eigenvalue weighted by molar-refractivity contribution is 5.91. The zero-order valence-corrected chi connectivity index (χ0v) is 19.4. The van der Waals surface area contributed by atoms with Gasteiger partial charge in [-0.1, -0.05) is 53.7 Å². The first-order valence-corrected chi connectivity index (χ1v) is 11.4. The first kappa shape index (κ1) is 23.9. The van der Waals surface area contributed by atoms with Crippen LogP contribution >= 0.6 is 0 Å². The fraction of sp³-hybridized carbons (Fsp3) is 0.320. The number of aliphatic carboxylic acids is 1. The highest BCUT2D eigenvalue weighted by atomic mass is 16.5. The van der Waals surface area contributed by atoms with Crippen LogP contribution in [0.2, 0.25) is 0 Å². The number of nitrogens with one attached hydrogen (secondary N) is 1. The van der Waals surface area contributed by atoms with Crippen LogP contribution in [0.1, 0.15) is 40.4 Å². The second kappa shape index (κ2) is 10.8. The number of carbonyl (C=O) groups is 3. The van der Waals surface area contributed by atoms with Crippen LogP contribution in [-0.4, -0.2) is 69.7 Å². The summed E-state index contributed by atoms with van der Waals surface area (Å²) >= 11 is 0. The first-order chi connectivity index (χ1) is 16.9. The SMILES string of the molecule is CN(CCCC(=O)O)C(=O)c1cn(CCNC(=O)OCC2c3ccccc3-c3ccccc32)nn1. The molecule has 10 heteroatoms. The van der Waals surface area contributed by atoms with E-state index in [-0.39, 0.29) is 37.1 Å². The molecule has 10 nitrogen and oxygen atoms in total. The molecule has 4 rings (SSSR count). The predicted octanol–water partition coefficient (Wildman–Crippen LogP) is 2.75. The molecule has 0 saturated carbocycles. The summed E-state index contributed by atoms with van der Waals surface area (Å²) in [7, 11) is 1.59. The van der Waals surface area contributed by atoms with Gasteiger partial charge in [0.15, 0.2) is 5.69 Å². The second-order valence-electron chi connectivity index (χ2n) is 8.34. The summed E-state index contributed by atoms with van der Waals surface area (Å²) in [6.07, 6.45) is 1.32. The summed E-state index contributed by atoms with van der Waals surface area (Å²) < 4.78 is 6.97. The first-order valence-electron chi connectivity index (χ1n) is 11.4. The van der Waals surface area contributed by atoms with Gasteiger partial charge in [0.25, 0.3) is 5.91 Å². The number of alkyl carbamates (subject to hydrolysis) is 1. The lowest BCUT2D eigenvalue weighted by Crippen LogP contribution is -2.29. The Morgan fingerprint density at radius 3 is 2.40 bits per heavy atom. The summed E-state index contributed by atoms with van der Waals surface area (Å²) in [5, 5.41) is 19.2. The molecule has 2 aromatic carbocycles. The van der Waals surface area contributed by atoms with Crippen molar-refractivity contribution in [1.82, 2.24) is 25.2 Å². The van der Waals surface area contributed by atoms with Gasteiger partial charge < -0.3 is 20.1 Å². The minimum atomic E-state index is -0.902. The molecule has 2 amide bonds. The Kier molecular flexibility index (Phi) is 7.39. The molecule has 0 aliphatic heterocycles. The molecule has 1 heterocycles. The third kappa shape index (κ3) is 5.65. The van der Waals surface area contributed by atoms with Gasteiger partial charge >= 0.3 is 12.1 Å². The lowest BCUT2D eigenvalue weighted by atomic mass is 9.98. The molecule has 0 bridgehead atoms. The number of hydrogen-bond donors (Lipinski definition) is 2. The minimum Gasteiger partial charge on any atom is -0.481 e. The van der Waals surface area contributed by atoms with Crippen molar-refractivity contribution in [2.75, 3.05) is 26.7 Å². The van der Waals surface area contributed by atoms with Gasteiger partial charge in [0, 0.05) is 32.5 Å². The van der Waals surface area contributed by atoms with Crippen LogP contribution in [-0.2, 0) is 16.1 Å². The van der Waals surface area contributed by atoms with E-state index in [9.17, 15) is 14.4 Å². The summed E-state index contributed by atoms with van der Waals surface area (Å²) in [4.78, 5) is 36.7. The number of nitrogens with zero attached hydrogens (tertiary/aromatic N) is 4. The Morgan fingerprint density at radius 1 is 1.09 bits per heavy atom. The predicted molar refractivity (Wildman–Crippen MR) is 127 cm³/mol. The van der Waals surface area contributed by atoms with Crippen molar-refractivity contribution < 1.29 is 24.2 Å². The van der Waals surface area contributed by atoms with Crippen LogP contribution in [0, 0.1) is 0 Å². The lowest BCUT2D eigenvalue weighted by Gasteiger charge is -2.14. The van der Waals surface area contributed by atoms with Crippen molar-refractivity contribution in [3.8, 4) is 11.1 Å². The molecule has 1 aromatic heterocycles. The van der Waals surface area contributed by atoms with E-state index in [1.807, 2.05) is 24.3 Å². The molecule has 0 unspecified atom stereocenters. The van der Waals surface area contributed by atoms with E-state index < -0.39 is 12.1 Å².